The molecule has 1 rings (SSSR count). The van der Waals surface area contributed by atoms with Crippen molar-refractivity contribution in [2.45, 2.75) is 33.2 Å². The highest BCUT2D eigenvalue weighted by molar-refractivity contribution is 5.58. The minimum atomic E-state index is -0.247. The van der Waals surface area contributed by atoms with Gasteiger partial charge in [-0.2, -0.15) is 5.26 Å². The van der Waals surface area contributed by atoms with Crippen LogP contribution in [0.2, 0.25) is 0 Å². The van der Waals surface area contributed by atoms with Crippen LogP contribution in [0.1, 0.15) is 30.7 Å². The van der Waals surface area contributed by atoms with Crippen molar-refractivity contribution >= 4 is 5.82 Å². The molecule has 0 unspecified atom stereocenters. The van der Waals surface area contributed by atoms with Crippen molar-refractivity contribution in [3.63, 3.8) is 0 Å². The van der Waals surface area contributed by atoms with E-state index in [1.165, 1.54) is 0 Å². The summed E-state index contributed by atoms with van der Waals surface area (Å²) in [6, 6.07) is 2.15. The van der Waals surface area contributed by atoms with Crippen LogP contribution in [0.3, 0.4) is 0 Å². The third-order valence-electron chi connectivity index (χ3n) is 2.96. The van der Waals surface area contributed by atoms with Gasteiger partial charge in [-0.3, -0.25) is 0 Å². The molecule has 0 aliphatic heterocycles. The van der Waals surface area contributed by atoms with Gasteiger partial charge in [-0.25, -0.2) is 0 Å². The largest absolute Gasteiger partial charge is 0.384 e. The first-order valence-electron chi connectivity index (χ1n) is 5.23. The van der Waals surface area contributed by atoms with Crippen molar-refractivity contribution in [1.29, 1.82) is 5.26 Å². The fraction of sp³-hybridized carbons (Fsp3) is 0.583. The molecule has 0 amide bonds. The monoisotopic (exact) mass is 221 g/mol. The molecule has 0 fully saturated rings. The zero-order chi connectivity index (χ0) is 12.5. The summed E-state index contributed by atoms with van der Waals surface area (Å²) in [4.78, 5) is 0. The summed E-state index contributed by atoms with van der Waals surface area (Å²) in [7, 11) is 1.66. The summed E-state index contributed by atoms with van der Waals surface area (Å²) in [6.45, 7) is 8.53. The Balaban J connectivity index is 3.41. The highest BCUT2D eigenvalue weighted by atomic mass is 16.5. The molecule has 0 saturated heterocycles. The molecule has 4 heteroatoms. The quantitative estimate of drug-likeness (QED) is 0.848. The molecule has 0 atom stereocenters. The Hall–Kier alpha value is -1.47. The topological polar surface area (TPSA) is 64.0 Å². The van der Waals surface area contributed by atoms with E-state index < -0.39 is 0 Å². The molecular formula is C12H19N3O. The summed E-state index contributed by atoms with van der Waals surface area (Å²) < 4.78 is 7.17. The third kappa shape index (κ3) is 1.79. The van der Waals surface area contributed by atoms with Crippen LogP contribution in [0.15, 0.2) is 0 Å². The summed E-state index contributed by atoms with van der Waals surface area (Å²) in [5.41, 5.74) is 8.31. The minimum absolute atomic E-state index is 0.247. The van der Waals surface area contributed by atoms with E-state index in [9.17, 15) is 0 Å². The highest BCUT2D eigenvalue weighted by Gasteiger charge is 2.27. The molecule has 1 aromatic rings. The molecule has 88 valence electrons. The van der Waals surface area contributed by atoms with E-state index in [0.29, 0.717) is 18.0 Å². The number of hydrogen-bond acceptors (Lipinski definition) is 3. The Bertz CT molecular complexity index is 438. The molecule has 0 radical (unpaired) electrons. The summed E-state index contributed by atoms with van der Waals surface area (Å²) >= 11 is 0. The number of nitrogen functional groups attached to an aromatic ring is 1. The van der Waals surface area contributed by atoms with Crippen LogP contribution in [0, 0.1) is 25.2 Å². The van der Waals surface area contributed by atoms with Gasteiger partial charge in [0.15, 0.2) is 0 Å². The van der Waals surface area contributed by atoms with Crippen molar-refractivity contribution in [3.8, 4) is 6.07 Å². The van der Waals surface area contributed by atoms with E-state index in [1.54, 1.807) is 7.11 Å². The molecule has 0 saturated carbocycles. The smallest absolute Gasteiger partial charge is 0.122 e. The first-order chi connectivity index (χ1) is 7.36. The van der Waals surface area contributed by atoms with Gasteiger partial charge in [0, 0.05) is 12.8 Å². The van der Waals surface area contributed by atoms with E-state index in [1.807, 2.05) is 32.3 Å². The second-order valence-electron chi connectivity index (χ2n) is 4.66. The van der Waals surface area contributed by atoms with Crippen LogP contribution in [0.5, 0.6) is 0 Å². The molecule has 1 heterocycles. The predicted octanol–water partition coefficient (Wildman–Crippen LogP) is 1.94. The summed E-state index contributed by atoms with van der Waals surface area (Å²) in [5.74, 6) is 0.527. The number of nitrogens with two attached hydrogens (primary N) is 1. The normalized spacial score (nSPS) is 11.5. The molecule has 4 nitrogen and oxygen atoms in total. The number of rotatable bonds is 3. The van der Waals surface area contributed by atoms with E-state index in [2.05, 4.69) is 6.07 Å². The van der Waals surface area contributed by atoms with Gasteiger partial charge in [0.25, 0.3) is 0 Å². The Labute approximate surface area is 96.6 Å². The van der Waals surface area contributed by atoms with Crippen molar-refractivity contribution in [2.75, 3.05) is 19.5 Å². The molecule has 1 aromatic heterocycles. The second-order valence-corrected chi connectivity index (χ2v) is 4.66. The van der Waals surface area contributed by atoms with Crippen LogP contribution in [-0.4, -0.2) is 18.3 Å². The average molecular weight is 221 g/mol. The lowest BCUT2D eigenvalue weighted by Gasteiger charge is -2.29. The Kier molecular flexibility index (Phi) is 3.30. The molecule has 0 aliphatic rings. The maximum atomic E-state index is 9.06. The van der Waals surface area contributed by atoms with Crippen molar-refractivity contribution in [1.82, 2.24) is 4.57 Å². The van der Waals surface area contributed by atoms with Gasteiger partial charge in [0.1, 0.15) is 11.9 Å². The SMILES string of the molecule is COCC(C)(C)n1c(C)c(C)c(C#N)c1N. The number of nitrogens with zero attached hydrogens (tertiary/aromatic N) is 2. The van der Waals surface area contributed by atoms with E-state index in [-0.39, 0.29) is 5.54 Å². The summed E-state index contributed by atoms with van der Waals surface area (Å²) in [5, 5.41) is 9.06. The van der Waals surface area contributed by atoms with Crippen LogP contribution in [-0.2, 0) is 10.3 Å². The van der Waals surface area contributed by atoms with Crippen molar-refractivity contribution in [2.24, 2.45) is 0 Å². The number of anilines is 1. The lowest BCUT2D eigenvalue weighted by atomic mass is 10.1. The first kappa shape index (κ1) is 12.6. The number of hydrogen-bond donors (Lipinski definition) is 1. The standard InChI is InChI=1S/C12H19N3O/c1-8-9(2)15(11(14)10(8)6-13)12(3,4)7-16-5/h7,14H2,1-5H3. The van der Waals surface area contributed by atoms with Gasteiger partial charge < -0.3 is 15.0 Å². The molecule has 2 N–H and O–H groups in total. The second kappa shape index (κ2) is 4.18. The number of nitriles is 1. The van der Waals surface area contributed by atoms with Gasteiger partial charge in [-0.15, -0.1) is 0 Å². The zero-order valence-electron chi connectivity index (χ0n) is 10.6. The predicted molar refractivity (Wildman–Crippen MR) is 64.2 cm³/mol. The Morgan fingerprint density at radius 2 is 2.00 bits per heavy atom. The van der Waals surface area contributed by atoms with E-state index >= 15 is 0 Å². The number of aromatic nitrogens is 1. The van der Waals surface area contributed by atoms with Crippen molar-refractivity contribution < 1.29 is 4.74 Å². The van der Waals surface area contributed by atoms with Crippen LogP contribution in [0.4, 0.5) is 5.82 Å². The zero-order valence-corrected chi connectivity index (χ0v) is 10.6. The molecule has 0 aliphatic carbocycles. The van der Waals surface area contributed by atoms with Crippen LogP contribution < -0.4 is 5.73 Å². The van der Waals surface area contributed by atoms with E-state index in [4.69, 9.17) is 15.7 Å². The molecule has 0 spiro atoms. The van der Waals surface area contributed by atoms with Crippen LogP contribution >= 0.6 is 0 Å². The lowest BCUT2D eigenvalue weighted by molar-refractivity contribution is 0.110. The number of methoxy groups -OCH3 is 1. The molecule has 0 bridgehead atoms. The van der Waals surface area contributed by atoms with Gasteiger partial charge in [0.2, 0.25) is 0 Å². The lowest BCUT2D eigenvalue weighted by Crippen LogP contribution is -2.33. The fourth-order valence-electron chi connectivity index (χ4n) is 2.17. The Morgan fingerprint density at radius 1 is 1.44 bits per heavy atom. The number of ether oxygens (including phenoxy) is 1. The average Bonchev–Trinajstić information content (AvgIpc) is 2.38. The fourth-order valence-corrected chi connectivity index (χ4v) is 2.17. The van der Waals surface area contributed by atoms with E-state index in [0.717, 1.165) is 11.3 Å². The molecule has 0 aromatic carbocycles. The third-order valence-corrected chi connectivity index (χ3v) is 2.96. The van der Waals surface area contributed by atoms with Crippen molar-refractivity contribution in [3.05, 3.63) is 16.8 Å². The van der Waals surface area contributed by atoms with Gasteiger partial charge in [-0.1, -0.05) is 0 Å². The molecular weight excluding hydrogens is 202 g/mol. The summed E-state index contributed by atoms with van der Waals surface area (Å²) in [6.07, 6.45) is 0. The maximum Gasteiger partial charge on any atom is 0.122 e. The minimum Gasteiger partial charge on any atom is -0.384 e. The highest BCUT2D eigenvalue weighted by Crippen LogP contribution is 2.30. The van der Waals surface area contributed by atoms with Gasteiger partial charge in [0.05, 0.1) is 17.7 Å². The first-order valence-corrected chi connectivity index (χ1v) is 5.23. The molecule has 16 heavy (non-hydrogen) atoms. The maximum absolute atomic E-state index is 9.06. The Morgan fingerprint density at radius 3 is 2.38 bits per heavy atom. The van der Waals surface area contributed by atoms with Gasteiger partial charge >= 0.3 is 0 Å². The van der Waals surface area contributed by atoms with Gasteiger partial charge in [-0.05, 0) is 33.3 Å². The van der Waals surface area contributed by atoms with Crippen LogP contribution in [0.25, 0.3) is 0 Å².